The Morgan fingerprint density at radius 2 is 1.87 bits per heavy atom. The summed E-state index contributed by atoms with van der Waals surface area (Å²) in [7, 11) is 0. The molecule has 0 aliphatic heterocycles. The zero-order valence-corrected chi connectivity index (χ0v) is 14.6. The van der Waals surface area contributed by atoms with Gasteiger partial charge in [-0.05, 0) is 76.0 Å². The zero-order valence-electron chi connectivity index (χ0n) is 14.6. The van der Waals surface area contributed by atoms with Crippen LogP contribution in [0.15, 0.2) is 35.9 Å². The van der Waals surface area contributed by atoms with Crippen molar-refractivity contribution < 1.29 is 14.9 Å². The Morgan fingerprint density at radius 1 is 1.22 bits per heavy atom. The van der Waals surface area contributed by atoms with Crippen molar-refractivity contribution in [1.29, 1.82) is 0 Å². The van der Waals surface area contributed by atoms with E-state index >= 15 is 0 Å². The van der Waals surface area contributed by atoms with Gasteiger partial charge in [0.05, 0.1) is 12.2 Å². The van der Waals surface area contributed by atoms with Crippen molar-refractivity contribution in [2.45, 2.75) is 77.4 Å². The van der Waals surface area contributed by atoms with Crippen molar-refractivity contribution in [2.75, 3.05) is 0 Å². The molecule has 1 saturated carbocycles. The third-order valence-electron chi connectivity index (χ3n) is 4.81. The second-order valence-corrected chi connectivity index (χ2v) is 6.57. The van der Waals surface area contributed by atoms with E-state index in [9.17, 15) is 5.11 Å². The predicted molar refractivity (Wildman–Crippen MR) is 93.4 cm³/mol. The lowest BCUT2D eigenvalue weighted by molar-refractivity contribution is -0.351. The minimum atomic E-state index is 0.107. The van der Waals surface area contributed by atoms with Crippen LogP contribution in [0, 0.1) is 0 Å². The highest BCUT2D eigenvalue weighted by Gasteiger charge is 2.24. The molecule has 1 aromatic rings. The van der Waals surface area contributed by atoms with Gasteiger partial charge in [0.2, 0.25) is 0 Å². The quantitative estimate of drug-likeness (QED) is 0.410. The van der Waals surface area contributed by atoms with Gasteiger partial charge >= 0.3 is 0 Å². The van der Waals surface area contributed by atoms with Gasteiger partial charge in [0, 0.05) is 0 Å². The number of allylic oxidation sites excluding steroid dienone is 1. The normalized spacial score (nSPS) is 23.7. The van der Waals surface area contributed by atoms with E-state index in [1.54, 1.807) is 12.1 Å². The highest BCUT2D eigenvalue weighted by atomic mass is 17.2. The van der Waals surface area contributed by atoms with E-state index in [-0.39, 0.29) is 12.2 Å². The first-order chi connectivity index (χ1) is 11.1. The van der Waals surface area contributed by atoms with E-state index in [1.807, 2.05) is 12.1 Å². The minimum Gasteiger partial charge on any atom is -0.508 e. The topological polar surface area (TPSA) is 38.7 Å². The van der Waals surface area contributed by atoms with Crippen LogP contribution in [0.2, 0.25) is 0 Å². The van der Waals surface area contributed by atoms with Gasteiger partial charge in [0.1, 0.15) is 5.75 Å². The fourth-order valence-electron chi connectivity index (χ4n) is 3.28. The molecule has 0 radical (unpaired) electrons. The van der Waals surface area contributed by atoms with Gasteiger partial charge in [-0.3, -0.25) is 0 Å². The highest BCUT2D eigenvalue weighted by Crippen LogP contribution is 2.34. The maximum Gasteiger partial charge on any atom is 0.115 e. The Morgan fingerprint density at radius 3 is 2.43 bits per heavy atom. The van der Waals surface area contributed by atoms with Crippen LogP contribution in [0.3, 0.4) is 0 Å². The van der Waals surface area contributed by atoms with Crippen molar-refractivity contribution in [3.63, 3.8) is 0 Å². The second kappa shape index (κ2) is 9.09. The monoisotopic (exact) mass is 318 g/mol. The second-order valence-electron chi connectivity index (χ2n) is 6.57. The molecule has 23 heavy (non-hydrogen) atoms. The van der Waals surface area contributed by atoms with Gasteiger partial charge in [-0.2, -0.15) is 0 Å². The van der Waals surface area contributed by atoms with Gasteiger partial charge in [0.15, 0.2) is 0 Å². The summed E-state index contributed by atoms with van der Waals surface area (Å²) in [5.74, 6) is 0.906. The summed E-state index contributed by atoms with van der Waals surface area (Å²) in [6, 6.07) is 7.61. The molecule has 0 saturated heterocycles. The average Bonchev–Trinajstić information content (AvgIpc) is 2.59. The van der Waals surface area contributed by atoms with Gasteiger partial charge in [-0.25, -0.2) is 9.78 Å². The number of phenols is 1. The van der Waals surface area contributed by atoms with Crippen LogP contribution in [-0.4, -0.2) is 17.3 Å². The van der Waals surface area contributed by atoms with Gasteiger partial charge in [-0.1, -0.05) is 30.7 Å². The van der Waals surface area contributed by atoms with Crippen LogP contribution in [0.1, 0.15) is 70.8 Å². The number of phenolic OH excluding ortho intramolecular Hbond substituents is 1. The SMILES string of the molecule is C/C=C(/CC)CC(C)OOC1CCC(c2ccc(O)cc2)CC1. The van der Waals surface area contributed by atoms with Crippen LogP contribution in [0.5, 0.6) is 5.75 Å². The van der Waals surface area contributed by atoms with Gasteiger partial charge in [0.25, 0.3) is 0 Å². The molecule has 0 aromatic heterocycles. The molecule has 2 rings (SSSR count). The Hall–Kier alpha value is -1.32. The Kier molecular flexibility index (Phi) is 7.13. The van der Waals surface area contributed by atoms with Crippen LogP contribution in [0.25, 0.3) is 0 Å². The molecule has 0 spiro atoms. The number of benzene rings is 1. The maximum absolute atomic E-state index is 9.38. The third kappa shape index (κ3) is 5.67. The molecular formula is C20H30O3. The Balaban J connectivity index is 1.71. The van der Waals surface area contributed by atoms with Crippen molar-refractivity contribution in [3.8, 4) is 5.75 Å². The van der Waals surface area contributed by atoms with Crippen LogP contribution < -0.4 is 0 Å². The summed E-state index contributed by atoms with van der Waals surface area (Å²) < 4.78 is 0. The molecule has 1 N–H and O–H groups in total. The van der Waals surface area contributed by atoms with Gasteiger partial charge in [-0.15, -0.1) is 0 Å². The molecule has 1 aromatic carbocycles. The maximum atomic E-state index is 9.38. The van der Waals surface area contributed by atoms with E-state index in [2.05, 4.69) is 26.8 Å². The van der Waals surface area contributed by atoms with E-state index in [0.29, 0.717) is 11.7 Å². The lowest BCUT2D eigenvalue weighted by Crippen LogP contribution is -2.23. The molecule has 1 aliphatic rings. The molecule has 1 atom stereocenters. The number of hydrogen-bond acceptors (Lipinski definition) is 3. The summed E-state index contributed by atoms with van der Waals surface area (Å²) in [6.45, 7) is 6.33. The van der Waals surface area contributed by atoms with Crippen molar-refractivity contribution in [2.24, 2.45) is 0 Å². The standard InChI is InChI=1S/C20H30O3/c1-4-16(5-2)14-15(3)22-23-20-12-8-18(9-13-20)17-6-10-19(21)11-7-17/h4,6-7,10-11,15,18,20-21H,5,8-9,12-14H2,1-3H3/b16-4-. The molecule has 3 heteroatoms. The molecule has 1 unspecified atom stereocenters. The molecule has 0 bridgehead atoms. The Labute approximate surface area is 140 Å². The van der Waals surface area contributed by atoms with Crippen molar-refractivity contribution >= 4 is 0 Å². The first kappa shape index (κ1) is 18.0. The van der Waals surface area contributed by atoms with E-state index in [1.165, 1.54) is 11.1 Å². The summed E-state index contributed by atoms with van der Waals surface area (Å²) in [6.07, 6.45) is 8.79. The van der Waals surface area contributed by atoms with Gasteiger partial charge < -0.3 is 5.11 Å². The molecular weight excluding hydrogens is 288 g/mol. The van der Waals surface area contributed by atoms with Crippen molar-refractivity contribution in [3.05, 3.63) is 41.5 Å². The summed E-state index contributed by atoms with van der Waals surface area (Å²) in [5.41, 5.74) is 2.73. The van der Waals surface area contributed by atoms with Crippen LogP contribution in [0.4, 0.5) is 0 Å². The molecule has 3 nitrogen and oxygen atoms in total. The largest absolute Gasteiger partial charge is 0.508 e. The highest BCUT2D eigenvalue weighted by molar-refractivity contribution is 5.28. The fraction of sp³-hybridized carbons (Fsp3) is 0.600. The van der Waals surface area contributed by atoms with E-state index < -0.39 is 0 Å². The lowest BCUT2D eigenvalue weighted by Gasteiger charge is -2.28. The van der Waals surface area contributed by atoms with E-state index in [4.69, 9.17) is 9.78 Å². The lowest BCUT2D eigenvalue weighted by atomic mass is 9.83. The summed E-state index contributed by atoms with van der Waals surface area (Å²) in [5, 5.41) is 9.38. The zero-order chi connectivity index (χ0) is 16.7. The van der Waals surface area contributed by atoms with Crippen molar-refractivity contribution in [1.82, 2.24) is 0 Å². The van der Waals surface area contributed by atoms with Crippen LogP contribution >= 0.6 is 0 Å². The third-order valence-corrected chi connectivity index (χ3v) is 4.81. The number of rotatable bonds is 7. The Bertz CT molecular complexity index is 484. The molecule has 1 fully saturated rings. The first-order valence-electron chi connectivity index (χ1n) is 8.87. The average molecular weight is 318 g/mol. The molecule has 1 aliphatic carbocycles. The number of hydrogen-bond donors (Lipinski definition) is 1. The smallest absolute Gasteiger partial charge is 0.115 e. The minimum absolute atomic E-state index is 0.107. The first-order valence-corrected chi connectivity index (χ1v) is 8.87. The molecule has 128 valence electrons. The van der Waals surface area contributed by atoms with Crippen LogP contribution in [-0.2, 0) is 9.78 Å². The number of aromatic hydroxyl groups is 1. The summed E-state index contributed by atoms with van der Waals surface area (Å²) in [4.78, 5) is 11.3. The fourth-order valence-corrected chi connectivity index (χ4v) is 3.28. The predicted octanol–water partition coefficient (Wildman–Crippen LogP) is 5.50. The molecule has 0 heterocycles. The summed E-state index contributed by atoms with van der Waals surface area (Å²) >= 11 is 0. The van der Waals surface area contributed by atoms with E-state index in [0.717, 1.165) is 38.5 Å². The molecule has 0 amide bonds.